The van der Waals surface area contributed by atoms with E-state index >= 15 is 0 Å². The van der Waals surface area contributed by atoms with Crippen molar-refractivity contribution in [3.8, 4) is 0 Å². The lowest BCUT2D eigenvalue weighted by Gasteiger charge is -1.97. The molecule has 0 saturated heterocycles. The molecule has 0 aliphatic heterocycles. The van der Waals surface area contributed by atoms with E-state index in [0.29, 0.717) is 5.58 Å². The molecule has 0 N–H and O–H groups in total. The van der Waals surface area contributed by atoms with Gasteiger partial charge in [0.1, 0.15) is 11.1 Å². The van der Waals surface area contributed by atoms with Crippen LogP contribution < -0.4 is 5.63 Å². The molecule has 2 aromatic rings. The molecular weight excluding hydrogens is 199 g/mol. The van der Waals surface area contributed by atoms with Crippen molar-refractivity contribution in [3.63, 3.8) is 0 Å². The first-order valence-corrected chi connectivity index (χ1v) is 4.59. The standard InChI is InChI=1S/C10H7O3P/c11-9-7(10(12)14)5-6-3-1-2-4-8(6)13-9/h1-5H,14H2. The maximum absolute atomic E-state index is 11.3. The van der Waals surface area contributed by atoms with Crippen molar-refractivity contribution >= 4 is 25.7 Å². The summed E-state index contributed by atoms with van der Waals surface area (Å²) in [4.78, 5) is 22.3. The molecule has 1 aromatic carbocycles. The number of hydrogen-bond donors (Lipinski definition) is 0. The molecule has 1 aromatic heterocycles. The third-order valence-electron chi connectivity index (χ3n) is 1.91. The zero-order valence-electron chi connectivity index (χ0n) is 7.19. The van der Waals surface area contributed by atoms with Gasteiger partial charge in [0.25, 0.3) is 0 Å². The van der Waals surface area contributed by atoms with Crippen LogP contribution >= 0.6 is 9.24 Å². The van der Waals surface area contributed by atoms with E-state index in [2.05, 4.69) is 0 Å². The van der Waals surface area contributed by atoms with E-state index in [1.165, 1.54) is 6.07 Å². The summed E-state index contributed by atoms with van der Waals surface area (Å²) < 4.78 is 4.96. The predicted octanol–water partition coefficient (Wildman–Crippen LogP) is 1.81. The number of hydrogen-bond acceptors (Lipinski definition) is 3. The highest BCUT2D eigenvalue weighted by Gasteiger charge is 2.08. The Morgan fingerprint density at radius 1 is 1.29 bits per heavy atom. The van der Waals surface area contributed by atoms with Gasteiger partial charge in [-0.3, -0.25) is 4.79 Å². The van der Waals surface area contributed by atoms with Gasteiger partial charge in [0, 0.05) is 5.39 Å². The molecule has 0 bridgehead atoms. The first-order valence-electron chi connectivity index (χ1n) is 4.01. The Morgan fingerprint density at radius 2 is 2.00 bits per heavy atom. The molecule has 4 heteroatoms. The van der Waals surface area contributed by atoms with Crippen LogP contribution in [0, 0.1) is 0 Å². The number of carbonyl (C=O) groups is 1. The maximum Gasteiger partial charge on any atom is 0.347 e. The zero-order valence-corrected chi connectivity index (χ0v) is 8.34. The van der Waals surface area contributed by atoms with Gasteiger partial charge in [0.05, 0.1) is 0 Å². The normalized spacial score (nSPS) is 10.4. The van der Waals surface area contributed by atoms with E-state index in [1.54, 1.807) is 18.2 Å². The Bertz CT molecular complexity index is 557. The van der Waals surface area contributed by atoms with Gasteiger partial charge in [-0.15, -0.1) is 0 Å². The second-order valence-corrected chi connectivity index (χ2v) is 3.37. The monoisotopic (exact) mass is 206 g/mol. The summed E-state index contributed by atoms with van der Waals surface area (Å²) in [5.74, 6) is 0. The topological polar surface area (TPSA) is 47.3 Å². The van der Waals surface area contributed by atoms with E-state index in [-0.39, 0.29) is 11.1 Å². The molecule has 2 rings (SSSR count). The fraction of sp³-hybridized carbons (Fsp3) is 0. The van der Waals surface area contributed by atoms with Crippen LogP contribution in [0.15, 0.2) is 39.5 Å². The fourth-order valence-electron chi connectivity index (χ4n) is 1.23. The fourth-order valence-corrected chi connectivity index (χ4v) is 1.43. The van der Waals surface area contributed by atoms with Crippen LogP contribution in [0.2, 0.25) is 0 Å². The second-order valence-electron chi connectivity index (χ2n) is 2.85. The number of para-hydroxylation sites is 1. The van der Waals surface area contributed by atoms with Gasteiger partial charge in [0.2, 0.25) is 0 Å². The zero-order chi connectivity index (χ0) is 10.1. The van der Waals surface area contributed by atoms with Crippen molar-refractivity contribution < 1.29 is 9.21 Å². The van der Waals surface area contributed by atoms with Gasteiger partial charge < -0.3 is 4.42 Å². The molecule has 1 heterocycles. The molecule has 0 fully saturated rings. The number of rotatable bonds is 1. The van der Waals surface area contributed by atoms with Crippen molar-refractivity contribution in [2.45, 2.75) is 0 Å². The SMILES string of the molecule is O=C(P)c1cc2ccccc2oc1=O. The minimum absolute atomic E-state index is 0.0636. The van der Waals surface area contributed by atoms with Crippen molar-refractivity contribution in [2.24, 2.45) is 0 Å². The molecule has 14 heavy (non-hydrogen) atoms. The van der Waals surface area contributed by atoms with Crippen molar-refractivity contribution in [2.75, 3.05) is 0 Å². The quantitative estimate of drug-likeness (QED) is 0.528. The molecule has 1 unspecified atom stereocenters. The lowest BCUT2D eigenvalue weighted by molar-refractivity contribution is 0.108. The molecule has 70 valence electrons. The molecule has 0 aliphatic carbocycles. The van der Waals surface area contributed by atoms with E-state index in [1.807, 2.05) is 15.3 Å². The predicted molar refractivity (Wildman–Crippen MR) is 56.5 cm³/mol. The molecule has 0 spiro atoms. The third kappa shape index (κ3) is 1.47. The van der Waals surface area contributed by atoms with Gasteiger partial charge in [0.15, 0.2) is 5.52 Å². The van der Waals surface area contributed by atoms with Crippen LogP contribution in [0.3, 0.4) is 0 Å². The highest BCUT2D eigenvalue weighted by molar-refractivity contribution is 7.41. The van der Waals surface area contributed by atoms with Crippen molar-refractivity contribution in [3.05, 3.63) is 46.3 Å². The Hall–Kier alpha value is -1.47. The summed E-state index contributed by atoms with van der Waals surface area (Å²) in [5.41, 5.74) is -0.394. The first-order chi connectivity index (χ1) is 6.68. The number of benzene rings is 1. The molecule has 0 radical (unpaired) electrons. The Balaban J connectivity index is 2.84. The summed E-state index contributed by atoms with van der Waals surface area (Å²) >= 11 is 0. The lowest BCUT2D eigenvalue weighted by atomic mass is 10.2. The van der Waals surface area contributed by atoms with E-state index in [0.717, 1.165) is 5.39 Å². The number of fused-ring (bicyclic) bond motifs is 1. The van der Waals surface area contributed by atoms with Crippen LogP contribution in [0.4, 0.5) is 0 Å². The van der Waals surface area contributed by atoms with Crippen LogP contribution in [0.1, 0.15) is 10.4 Å². The first kappa shape index (κ1) is 9.10. The van der Waals surface area contributed by atoms with Crippen LogP contribution in [0.5, 0.6) is 0 Å². The van der Waals surface area contributed by atoms with Gasteiger partial charge in [-0.1, -0.05) is 27.4 Å². The summed E-state index contributed by atoms with van der Waals surface area (Å²) in [7, 11) is 1.96. The number of carbonyl (C=O) groups excluding carboxylic acids is 1. The molecule has 0 saturated carbocycles. The Kier molecular flexibility index (Phi) is 2.18. The second kappa shape index (κ2) is 3.35. The highest BCUT2D eigenvalue weighted by atomic mass is 31.0. The smallest absolute Gasteiger partial charge is 0.347 e. The van der Waals surface area contributed by atoms with Gasteiger partial charge in [-0.25, -0.2) is 4.79 Å². The average molecular weight is 206 g/mol. The van der Waals surface area contributed by atoms with Crippen LogP contribution in [-0.4, -0.2) is 5.52 Å². The van der Waals surface area contributed by atoms with Crippen molar-refractivity contribution in [1.82, 2.24) is 0 Å². The minimum atomic E-state index is -0.594. The molecule has 3 nitrogen and oxygen atoms in total. The van der Waals surface area contributed by atoms with Gasteiger partial charge in [-0.2, -0.15) is 0 Å². The largest absolute Gasteiger partial charge is 0.422 e. The maximum atomic E-state index is 11.3. The molecular formula is C10H7O3P. The molecule has 0 aliphatic rings. The highest BCUT2D eigenvalue weighted by Crippen LogP contribution is 2.13. The summed E-state index contributed by atoms with van der Waals surface area (Å²) in [6, 6.07) is 8.60. The third-order valence-corrected chi connectivity index (χ3v) is 2.22. The van der Waals surface area contributed by atoms with Crippen LogP contribution in [-0.2, 0) is 0 Å². The van der Waals surface area contributed by atoms with E-state index in [9.17, 15) is 9.59 Å². The summed E-state index contributed by atoms with van der Waals surface area (Å²) in [5, 5.41) is 0.748. The molecule has 0 amide bonds. The summed E-state index contributed by atoms with van der Waals surface area (Å²) in [6.07, 6.45) is 0. The van der Waals surface area contributed by atoms with Gasteiger partial charge in [-0.05, 0) is 12.1 Å². The minimum Gasteiger partial charge on any atom is -0.422 e. The van der Waals surface area contributed by atoms with Crippen molar-refractivity contribution in [1.29, 1.82) is 0 Å². The molecule has 1 atom stereocenters. The van der Waals surface area contributed by atoms with Crippen LogP contribution in [0.25, 0.3) is 11.0 Å². The van der Waals surface area contributed by atoms with Gasteiger partial charge >= 0.3 is 5.63 Å². The average Bonchev–Trinajstić information content (AvgIpc) is 2.16. The summed E-state index contributed by atoms with van der Waals surface area (Å²) in [6.45, 7) is 0. The van der Waals surface area contributed by atoms with E-state index < -0.39 is 5.63 Å². The van der Waals surface area contributed by atoms with E-state index in [4.69, 9.17) is 4.42 Å². The Labute approximate surface area is 81.9 Å². The lowest BCUT2D eigenvalue weighted by Crippen LogP contribution is -2.09. The Morgan fingerprint density at radius 3 is 2.71 bits per heavy atom.